The van der Waals surface area contributed by atoms with E-state index in [-0.39, 0.29) is 5.91 Å². The molecule has 1 unspecified atom stereocenters. The minimum atomic E-state index is 0.112. The topological polar surface area (TPSA) is 38.1 Å². The molecule has 0 aliphatic carbocycles. The van der Waals surface area contributed by atoms with Crippen LogP contribution in [-0.2, 0) is 0 Å². The van der Waals surface area contributed by atoms with E-state index < -0.39 is 0 Å². The van der Waals surface area contributed by atoms with E-state index in [1.165, 1.54) is 4.88 Å². The maximum Gasteiger partial charge on any atom is 0.253 e. The summed E-state index contributed by atoms with van der Waals surface area (Å²) in [6.45, 7) is 1.61. The lowest BCUT2D eigenvalue weighted by atomic mass is 10.1. The zero-order valence-electron chi connectivity index (χ0n) is 13.7. The molecule has 3 heterocycles. The Morgan fingerprint density at radius 2 is 2.12 bits per heavy atom. The van der Waals surface area contributed by atoms with Gasteiger partial charge in [-0.2, -0.15) is 16.9 Å². The maximum atomic E-state index is 13.0. The van der Waals surface area contributed by atoms with Crippen molar-refractivity contribution in [3.63, 3.8) is 0 Å². The molecule has 1 amide bonds. The molecule has 0 radical (unpaired) electrons. The van der Waals surface area contributed by atoms with Gasteiger partial charge in [-0.25, -0.2) is 4.68 Å². The second-order valence-electron chi connectivity index (χ2n) is 5.96. The summed E-state index contributed by atoms with van der Waals surface area (Å²) in [5.41, 5.74) is 1.64. The zero-order chi connectivity index (χ0) is 17.1. The van der Waals surface area contributed by atoms with E-state index in [2.05, 4.69) is 22.6 Å². The molecule has 0 bridgehead atoms. The molecule has 4 rings (SSSR count). The Morgan fingerprint density at radius 3 is 2.92 bits per heavy atom. The van der Waals surface area contributed by atoms with E-state index in [1.807, 2.05) is 64.5 Å². The first-order valence-electron chi connectivity index (χ1n) is 8.35. The number of benzene rings is 1. The van der Waals surface area contributed by atoms with Gasteiger partial charge in [-0.3, -0.25) is 4.79 Å². The summed E-state index contributed by atoms with van der Waals surface area (Å²) in [5.74, 6) is 1.09. The molecule has 0 spiro atoms. The molecule has 6 heteroatoms. The van der Waals surface area contributed by atoms with Gasteiger partial charge in [0.05, 0.1) is 5.69 Å². The van der Waals surface area contributed by atoms with Crippen molar-refractivity contribution in [3.8, 4) is 5.69 Å². The van der Waals surface area contributed by atoms with Crippen molar-refractivity contribution in [1.29, 1.82) is 0 Å². The SMILES string of the molecule is O=C(c1cccc(-n2cccn2)c1)N1CCSC(c2cccs2)CC1. The van der Waals surface area contributed by atoms with E-state index in [4.69, 9.17) is 0 Å². The second kappa shape index (κ2) is 7.45. The molecular formula is C19H19N3OS2. The normalized spacial score (nSPS) is 18.1. The molecule has 2 aromatic heterocycles. The fraction of sp³-hybridized carbons (Fsp3) is 0.263. The predicted molar refractivity (Wildman–Crippen MR) is 104 cm³/mol. The van der Waals surface area contributed by atoms with Crippen LogP contribution in [-0.4, -0.2) is 39.4 Å². The maximum absolute atomic E-state index is 13.0. The average Bonchev–Trinajstić information content (AvgIpc) is 3.32. The van der Waals surface area contributed by atoms with E-state index in [9.17, 15) is 4.79 Å². The number of aromatic nitrogens is 2. The van der Waals surface area contributed by atoms with Crippen LogP contribution >= 0.6 is 23.1 Å². The van der Waals surface area contributed by atoms with E-state index in [0.29, 0.717) is 5.25 Å². The number of hydrogen-bond acceptors (Lipinski definition) is 4. The Balaban J connectivity index is 1.48. The third-order valence-corrected chi connectivity index (χ3v) is 6.80. The van der Waals surface area contributed by atoms with Gasteiger partial charge in [-0.05, 0) is 42.1 Å². The number of carbonyl (C=O) groups excluding carboxylic acids is 1. The summed E-state index contributed by atoms with van der Waals surface area (Å²) in [5, 5.41) is 6.88. The molecule has 0 N–H and O–H groups in total. The number of hydrogen-bond donors (Lipinski definition) is 0. The average molecular weight is 370 g/mol. The van der Waals surface area contributed by atoms with Gasteiger partial charge in [0.25, 0.3) is 5.91 Å². The molecule has 25 heavy (non-hydrogen) atoms. The number of carbonyl (C=O) groups is 1. The van der Waals surface area contributed by atoms with Crippen LogP contribution in [0.5, 0.6) is 0 Å². The lowest BCUT2D eigenvalue weighted by Gasteiger charge is -2.20. The van der Waals surface area contributed by atoms with Gasteiger partial charge in [0, 0.05) is 46.9 Å². The summed E-state index contributed by atoms with van der Waals surface area (Å²) in [7, 11) is 0. The van der Waals surface area contributed by atoms with Gasteiger partial charge in [0.15, 0.2) is 0 Å². The standard InChI is InChI=1S/C19H19N3OS2/c23-19(15-4-1-5-16(14-15)22-9-3-8-20-22)21-10-7-18(25-13-11-21)17-6-2-12-24-17/h1-6,8-9,12,14,18H,7,10-11,13H2. The number of thiophene rings is 1. The molecule has 1 fully saturated rings. The highest BCUT2D eigenvalue weighted by Gasteiger charge is 2.23. The third kappa shape index (κ3) is 3.65. The molecule has 128 valence electrons. The van der Waals surface area contributed by atoms with Crippen molar-refractivity contribution in [2.75, 3.05) is 18.8 Å². The molecule has 1 aromatic carbocycles. The summed E-state index contributed by atoms with van der Waals surface area (Å²) in [6, 6.07) is 13.9. The summed E-state index contributed by atoms with van der Waals surface area (Å²) in [4.78, 5) is 16.4. The molecule has 3 aromatic rings. The monoisotopic (exact) mass is 369 g/mol. The molecule has 4 nitrogen and oxygen atoms in total. The minimum absolute atomic E-state index is 0.112. The summed E-state index contributed by atoms with van der Waals surface area (Å²) >= 11 is 3.77. The first-order valence-corrected chi connectivity index (χ1v) is 10.3. The third-order valence-electron chi connectivity index (χ3n) is 4.35. The van der Waals surface area contributed by atoms with Crippen molar-refractivity contribution >= 4 is 29.0 Å². The van der Waals surface area contributed by atoms with Crippen LogP contribution in [0.3, 0.4) is 0 Å². The van der Waals surface area contributed by atoms with Crippen LogP contribution in [0, 0.1) is 0 Å². The van der Waals surface area contributed by atoms with E-state index in [0.717, 1.165) is 36.5 Å². The Kier molecular flexibility index (Phi) is 4.90. The number of nitrogens with zero attached hydrogens (tertiary/aromatic N) is 3. The van der Waals surface area contributed by atoms with E-state index >= 15 is 0 Å². The van der Waals surface area contributed by atoms with E-state index in [1.54, 1.807) is 10.9 Å². The van der Waals surface area contributed by atoms with Crippen LogP contribution < -0.4 is 0 Å². The minimum Gasteiger partial charge on any atom is -0.338 e. The lowest BCUT2D eigenvalue weighted by molar-refractivity contribution is 0.0766. The van der Waals surface area contributed by atoms with Crippen molar-refractivity contribution in [2.45, 2.75) is 11.7 Å². The van der Waals surface area contributed by atoms with Crippen LogP contribution in [0.2, 0.25) is 0 Å². The van der Waals surface area contributed by atoms with Gasteiger partial charge >= 0.3 is 0 Å². The largest absolute Gasteiger partial charge is 0.338 e. The highest BCUT2D eigenvalue weighted by atomic mass is 32.2. The number of amides is 1. The predicted octanol–water partition coefficient (Wildman–Crippen LogP) is 4.25. The Morgan fingerprint density at radius 1 is 1.16 bits per heavy atom. The van der Waals surface area contributed by atoms with Gasteiger partial charge < -0.3 is 4.90 Å². The van der Waals surface area contributed by atoms with Crippen molar-refractivity contribution in [2.24, 2.45) is 0 Å². The van der Waals surface area contributed by atoms with Crippen molar-refractivity contribution in [1.82, 2.24) is 14.7 Å². The smallest absolute Gasteiger partial charge is 0.253 e. The zero-order valence-corrected chi connectivity index (χ0v) is 15.4. The first-order chi connectivity index (χ1) is 12.3. The molecular weight excluding hydrogens is 350 g/mol. The fourth-order valence-electron chi connectivity index (χ4n) is 3.06. The Labute approximate surface area is 155 Å². The van der Waals surface area contributed by atoms with Gasteiger partial charge in [-0.1, -0.05) is 12.1 Å². The number of rotatable bonds is 3. The highest BCUT2D eigenvalue weighted by Crippen LogP contribution is 2.36. The van der Waals surface area contributed by atoms with Crippen LogP contribution in [0.25, 0.3) is 5.69 Å². The van der Waals surface area contributed by atoms with Crippen LogP contribution in [0.15, 0.2) is 60.2 Å². The fourth-order valence-corrected chi connectivity index (χ4v) is 5.30. The highest BCUT2D eigenvalue weighted by molar-refractivity contribution is 7.99. The molecule has 1 atom stereocenters. The number of thioether (sulfide) groups is 1. The van der Waals surface area contributed by atoms with Gasteiger partial charge in [0.2, 0.25) is 0 Å². The van der Waals surface area contributed by atoms with Crippen molar-refractivity contribution in [3.05, 3.63) is 70.7 Å². The van der Waals surface area contributed by atoms with Crippen LogP contribution in [0.4, 0.5) is 0 Å². The summed E-state index contributed by atoms with van der Waals surface area (Å²) in [6.07, 6.45) is 4.64. The van der Waals surface area contributed by atoms with Gasteiger partial charge in [-0.15, -0.1) is 11.3 Å². The lowest BCUT2D eigenvalue weighted by Crippen LogP contribution is -2.33. The van der Waals surface area contributed by atoms with Crippen molar-refractivity contribution < 1.29 is 4.79 Å². The Hall–Kier alpha value is -2.05. The Bertz CT molecular complexity index is 830. The second-order valence-corrected chi connectivity index (χ2v) is 8.25. The molecule has 1 saturated heterocycles. The summed E-state index contributed by atoms with van der Waals surface area (Å²) < 4.78 is 1.78. The molecule has 1 aliphatic heterocycles. The quantitative estimate of drug-likeness (QED) is 0.692. The first kappa shape index (κ1) is 16.4. The molecule has 0 saturated carbocycles. The van der Waals surface area contributed by atoms with Crippen LogP contribution in [0.1, 0.15) is 26.9 Å². The molecule has 1 aliphatic rings. The van der Waals surface area contributed by atoms with Gasteiger partial charge in [0.1, 0.15) is 0 Å².